The van der Waals surface area contributed by atoms with E-state index in [9.17, 15) is 18.8 Å². The minimum Gasteiger partial charge on any atom is -0.335 e. The highest BCUT2D eigenvalue weighted by Crippen LogP contribution is 2.28. The maximum atomic E-state index is 13.1. The Balaban J connectivity index is 2.14. The molecule has 2 atom stereocenters. The van der Waals surface area contributed by atoms with Crippen LogP contribution in [-0.4, -0.2) is 21.6 Å². The first-order valence-electron chi connectivity index (χ1n) is 6.69. The summed E-state index contributed by atoms with van der Waals surface area (Å²) in [6, 6.07) is -0.750. The summed E-state index contributed by atoms with van der Waals surface area (Å²) in [5.74, 6) is -0.175. The van der Waals surface area contributed by atoms with Gasteiger partial charge in [0, 0.05) is 6.04 Å². The molecule has 0 spiro atoms. The Bertz CT molecular complexity index is 612. The topological polar surface area (TPSA) is 84.0 Å². The number of hydrogen-bond acceptors (Lipinski definition) is 3. The third-order valence-electron chi connectivity index (χ3n) is 3.62. The Morgan fingerprint density at radius 1 is 1.30 bits per heavy atom. The molecule has 2 unspecified atom stereocenters. The van der Waals surface area contributed by atoms with Crippen LogP contribution in [0.3, 0.4) is 0 Å². The highest BCUT2D eigenvalue weighted by Gasteiger charge is 2.25. The predicted molar refractivity (Wildman–Crippen MR) is 71.2 cm³/mol. The molecule has 2 N–H and O–H groups in total. The third kappa shape index (κ3) is 3.15. The fourth-order valence-corrected chi connectivity index (χ4v) is 2.91. The molecule has 110 valence electrons. The summed E-state index contributed by atoms with van der Waals surface area (Å²) in [6.07, 6.45) is 3.39. The normalized spacial score (nSPS) is 26.2. The van der Waals surface area contributed by atoms with Gasteiger partial charge in [0.2, 0.25) is 5.82 Å². The number of amides is 1. The summed E-state index contributed by atoms with van der Waals surface area (Å²) < 4.78 is 13.7. The van der Waals surface area contributed by atoms with E-state index in [0.717, 1.165) is 19.3 Å². The van der Waals surface area contributed by atoms with Crippen LogP contribution in [0.25, 0.3) is 0 Å². The molecule has 1 amide bonds. The van der Waals surface area contributed by atoms with Crippen molar-refractivity contribution in [3.05, 3.63) is 32.9 Å². The fraction of sp³-hybridized carbons (Fsp3) is 0.615. The molecule has 1 fully saturated rings. The van der Waals surface area contributed by atoms with E-state index in [1.165, 1.54) is 0 Å². The van der Waals surface area contributed by atoms with Crippen molar-refractivity contribution in [2.45, 2.75) is 39.2 Å². The SMILES string of the molecule is CC1CC(C)CC(NC(=O)n2cc(F)c(=O)[nH]c2=O)C1. The number of rotatable bonds is 1. The first-order valence-corrected chi connectivity index (χ1v) is 6.69. The lowest BCUT2D eigenvalue weighted by Gasteiger charge is -2.31. The second-order valence-electron chi connectivity index (χ2n) is 5.67. The van der Waals surface area contributed by atoms with Gasteiger partial charge in [0.25, 0.3) is 5.56 Å². The Kier molecular flexibility index (Phi) is 4.06. The Morgan fingerprint density at radius 3 is 2.50 bits per heavy atom. The number of nitrogens with zero attached hydrogens (tertiary/aromatic N) is 1. The van der Waals surface area contributed by atoms with E-state index in [2.05, 4.69) is 19.2 Å². The van der Waals surface area contributed by atoms with Crippen molar-refractivity contribution in [1.29, 1.82) is 0 Å². The number of hydrogen-bond donors (Lipinski definition) is 2. The van der Waals surface area contributed by atoms with Gasteiger partial charge in [-0.05, 0) is 31.1 Å². The molecule has 2 rings (SSSR count). The Labute approximate surface area is 115 Å². The largest absolute Gasteiger partial charge is 0.336 e. The summed E-state index contributed by atoms with van der Waals surface area (Å²) in [7, 11) is 0. The molecule has 0 saturated heterocycles. The second-order valence-corrected chi connectivity index (χ2v) is 5.67. The van der Waals surface area contributed by atoms with Crippen LogP contribution in [0.5, 0.6) is 0 Å². The van der Waals surface area contributed by atoms with Gasteiger partial charge in [-0.15, -0.1) is 0 Å². The fourth-order valence-electron chi connectivity index (χ4n) is 2.91. The van der Waals surface area contributed by atoms with E-state index in [-0.39, 0.29) is 6.04 Å². The first kappa shape index (κ1) is 14.5. The van der Waals surface area contributed by atoms with Crippen LogP contribution in [0.1, 0.15) is 33.1 Å². The van der Waals surface area contributed by atoms with Crippen molar-refractivity contribution >= 4 is 6.03 Å². The molecule has 0 aliphatic heterocycles. The molecule has 0 radical (unpaired) electrons. The van der Waals surface area contributed by atoms with Gasteiger partial charge in [-0.3, -0.25) is 9.78 Å². The highest BCUT2D eigenvalue weighted by molar-refractivity contribution is 5.76. The van der Waals surface area contributed by atoms with E-state index < -0.39 is 23.1 Å². The Morgan fingerprint density at radius 2 is 1.90 bits per heavy atom. The zero-order valence-electron chi connectivity index (χ0n) is 11.5. The first-order chi connectivity index (χ1) is 9.36. The number of halogens is 1. The van der Waals surface area contributed by atoms with Crippen molar-refractivity contribution in [2.75, 3.05) is 0 Å². The summed E-state index contributed by atoms with van der Waals surface area (Å²) in [5, 5.41) is 2.72. The summed E-state index contributed by atoms with van der Waals surface area (Å²) in [5.41, 5.74) is -2.07. The average Bonchev–Trinajstić information content (AvgIpc) is 2.32. The van der Waals surface area contributed by atoms with E-state index in [4.69, 9.17) is 0 Å². The van der Waals surface area contributed by atoms with Crippen LogP contribution in [0.4, 0.5) is 9.18 Å². The number of nitrogens with one attached hydrogen (secondary N) is 2. The van der Waals surface area contributed by atoms with Crippen LogP contribution in [0.2, 0.25) is 0 Å². The van der Waals surface area contributed by atoms with Gasteiger partial charge in [-0.1, -0.05) is 13.8 Å². The summed E-state index contributed by atoms with van der Waals surface area (Å²) in [4.78, 5) is 36.1. The highest BCUT2D eigenvalue weighted by atomic mass is 19.1. The lowest BCUT2D eigenvalue weighted by Crippen LogP contribution is -2.46. The molecule has 20 heavy (non-hydrogen) atoms. The van der Waals surface area contributed by atoms with Gasteiger partial charge in [-0.2, -0.15) is 4.39 Å². The molecule has 1 aliphatic carbocycles. The van der Waals surface area contributed by atoms with Crippen LogP contribution >= 0.6 is 0 Å². The van der Waals surface area contributed by atoms with E-state index in [1.54, 1.807) is 4.98 Å². The smallest absolute Gasteiger partial charge is 0.335 e. The molecule has 0 aromatic carbocycles. The van der Waals surface area contributed by atoms with E-state index in [0.29, 0.717) is 22.6 Å². The molecular weight excluding hydrogens is 265 g/mol. The van der Waals surface area contributed by atoms with Gasteiger partial charge < -0.3 is 5.32 Å². The maximum Gasteiger partial charge on any atom is 0.336 e. The molecule has 1 heterocycles. The second kappa shape index (κ2) is 5.60. The minimum atomic E-state index is -1.16. The number of carbonyl (C=O) groups excluding carboxylic acids is 1. The lowest BCUT2D eigenvalue weighted by molar-refractivity contribution is 0.213. The molecule has 1 saturated carbocycles. The standard InChI is InChI=1S/C13H18FN3O3/c1-7-3-8(2)5-9(4-7)15-12(19)17-6-10(14)11(18)16-13(17)20/h6-9H,3-5H2,1-2H3,(H,15,19)(H,16,18,20). The maximum absolute atomic E-state index is 13.1. The van der Waals surface area contributed by atoms with Crippen molar-refractivity contribution in [3.63, 3.8) is 0 Å². The molecule has 0 bridgehead atoms. The van der Waals surface area contributed by atoms with Gasteiger partial charge in [0.15, 0.2) is 0 Å². The van der Waals surface area contributed by atoms with Gasteiger partial charge in [0.1, 0.15) is 0 Å². The molecule has 1 aromatic heterocycles. The van der Waals surface area contributed by atoms with Crippen molar-refractivity contribution < 1.29 is 9.18 Å². The van der Waals surface area contributed by atoms with Crippen molar-refractivity contribution in [3.8, 4) is 0 Å². The van der Waals surface area contributed by atoms with E-state index in [1.807, 2.05) is 0 Å². The Hall–Kier alpha value is -1.92. The molecule has 7 heteroatoms. The number of aromatic amines is 1. The third-order valence-corrected chi connectivity index (χ3v) is 3.62. The van der Waals surface area contributed by atoms with Crippen LogP contribution < -0.4 is 16.6 Å². The number of carbonyl (C=O) groups is 1. The van der Waals surface area contributed by atoms with Crippen LogP contribution in [0.15, 0.2) is 15.8 Å². The molecule has 1 aliphatic rings. The van der Waals surface area contributed by atoms with E-state index >= 15 is 0 Å². The van der Waals surface area contributed by atoms with Crippen LogP contribution in [0, 0.1) is 17.7 Å². The van der Waals surface area contributed by atoms with Gasteiger partial charge in [0.05, 0.1) is 6.20 Å². The molecule has 6 nitrogen and oxygen atoms in total. The zero-order chi connectivity index (χ0) is 14.9. The molecule has 1 aromatic rings. The summed E-state index contributed by atoms with van der Waals surface area (Å²) >= 11 is 0. The molecular formula is C13H18FN3O3. The summed E-state index contributed by atoms with van der Waals surface area (Å²) in [6.45, 7) is 4.22. The van der Waals surface area contributed by atoms with Crippen molar-refractivity contribution in [1.82, 2.24) is 14.9 Å². The number of H-pyrrole nitrogens is 1. The van der Waals surface area contributed by atoms with Gasteiger partial charge in [-0.25, -0.2) is 14.2 Å². The zero-order valence-corrected chi connectivity index (χ0v) is 11.5. The van der Waals surface area contributed by atoms with Gasteiger partial charge >= 0.3 is 11.7 Å². The lowest BCUT2D eigenvalue weighted by atomic mass is 9.80. The minimum absolute atomic E-state index is 0.0388. The average molecular weight is 283 g/mol. The number of aromatic nitrogens is 2. The predicted octanol–water partition coefficient (Wildman–Crippen LogP) is 1.06. The monoisotopic (exact) mass is 283 g/mol. The van der Waals surface area contributed by atoms with Crippen LogP contribution in [-0.2, 0) is 0 Å². The van der Waals surface area contributed by atoms with Crippen molar-refractivity contribution in [2.24, 2.45) is 11.8 Å². The quantitative estimate of drug-likeness (QED) is 0.808.